The normalized spacial score (nSPS) is 19.4. The lowest BCUT2D eigenvalue weighted by atomic mass is 9.80. The van der Waals surface area contributed by atoms with Crippen LogP contribution in [0.15, 0.2) is 28.8 Å². The molecule has 160 valence electrons. The molecule has 4 rings (SSSR count). The van der Waals surface area contributed by atoms with Crippen LogP contribution in [-0.2, 0) is 10.3 Å². The number of piperidine rings is 1. The Morgan fingerprint density at radius 2 is 1.93 bits per heavy atom. The fourth-order valence-corrected chi connectivity index (χ4v) is 4.66. The first-order valence-electron chi connectivity index (χ1n) is 10.6. The average molecular weight is 413 g/mol. The summed E-state index contributed by atoms with van der Waals surface area (Å²) in [7, 11) is 0. The third-order valence-electron chi connectivity index (χ3n) is 6.31. The second-order valence-corrected chi connectivity index (χ2v) is 8.28. The van der Waals surface area contributed by atoms with Crippen LogP contribution in [0.3, 0.4) is 0 Å². The topological polar surface area (TPSA) is 114 Å². The lowest BCUT2D eigenvalue weighted by Gasteiger charge is -2.38. The molecular formula is C21H27N5O4. The number of nitrogens with one attached hydrogen (secondary N) is 1. The van der Waals surface area contributed by atoms with Crippen molar-refractivity contribution in [1.29, 1.82) is 0 Å². The van der Waals surface area contributed by atoms with Gasteiger partial charge in [0, 0.05) is 32.0 Å². The summed E-state index contributed by atoms with van der Waals surface area (Å²) >= 11 is 0. The highest BCUT2D eigenvalue weighted by atomic mass is 16.6. The molecule has 1 saturated heterocycles. The largest absolute Gasteiger partial charge is 0.366 e. The van der Waals surface area contributed by atoms with Crippen molar-refractivity contribution >= 4 is 17.3 Å². The Labute approximate surface area is 175 Å². The van der Waals surface area contributed by atoms with Gasteiger partial charge in [-0.15, -0.1) is 0 Å². The SMILES string of the molecule is Cc1nc(C2(NC(=O)C3CCN(c4ccccc4[N+](=O)[O-])CC3)CCCCC2)no1. The third kappa shape index (κ3) is 4.01. The van der Waals surface area contributed by atoms with Gasteiger partial charge in [-0.2, -0.15) is 4.98 Å². The molecule has 0 unspecified atom stereocenters. The molecule has 2 aromatic rings. The van der Waals surface area contributed by atoms with E-state index in [1.807, 2.05) is 4.90 Å². The van der Waals surface area contributed by atoms with E-state index in [1.165, 1.54) is 6.07 Å². The highest BCUT2D eigenvalue weighted by Gasteiger charge is 2.41. The standard InChI is InChI=1S/C21H27N5O4/c1-15-22-20(24-30-15)21(11-5-2-6-12-21)23-19(27)16-9-13-25(14-10-16)17-7-3-4-8-18(17)26(28)29/h3-4,7-8,16H,2,5-6,9-14H2,1H3,(H,23,27). The molecule has 1 aliphatic carbocycles. The molecule has 1 amide bonds. The number of nitro groups is 1. The molecule has 1 aromatic carbocycles. The van der Waals surface area contributed by atoms with E-state index in [4.69, 9.17) is 4.52 Å². The second kappa shape index (κ2) is 8.41. The van der Waals surface area contributed by atoms with Crippen molar-refractivity contribution in [2.24, 2.45) is 5.92 Å². The van der Waals surface area contributed by atoms with Gasteiger partial charge in [0.05, 0.1) is 4.92 Å². The van der Waals surface area contributed by atoms with Crippen LogP contribution >= 0.6 is 0 Å². The van der Waals surface area contributed by atoms with Gasteiger partial charge in [-0.3, -0.25) is 14.9 Å². The fraction of sp³-hybridized carbons (Fsp3) is 0.571. The summed E-state index contributed by atoms with van der Waals surface area (Å²) in [6.45, 7) is 2.97. The number of para-hydroxylation sites is 2. The molecule has 9 heteroatoms. The van der Waals surface area contributed by atoms with Crippen LogP contribution < -0.4 is 10.2 Å². The highest BCUT2D eigenvalue weighted by molar-refractivity contribution is 5.80. The maximum absolute atomic E-state index is 13.1. The number of rotatable bonds is 5. The van der Waals surface area contributed by atoms with Crippen molar-refractivity contribution in [2.75, 3.05) is 18.0 Å². The summed E-state index contributed by atoms with van der Waals surface area (Å²) < 4.78 is 5.19. The predicted molar refractivity (Wildman–Crippen MR) is 110 cm³/mol. The quantitative estimate of drug-likeness (QED) is 0.589. The van der Waals surface area contributed by atoms with Crippen LogP contribution in [0.2, 0.25) is 0 Å². The van der Waals surface area contributed by atoms with E-state index >= 15 is 0 Å². The van der Waals surface area contributed by atoms with Gasteiger partial charge in [-0.25, -0.2) is 0 Å². The first-order valence-corrected chi connectivity index (χ1v) is 10.6. The lowest BCUT2D eigenvalue weighted by Crippen LogP contribution is -2.51. The van der Waals surface area contributed by atoms with Gasteiger partial charge in [0.2, 0.25) is 11.8 Å². The van der Waals surface area contributed by atoms with E-state index < -0.39 is 5.54 Å². The number of hydrogen-bond donors (Lipinski definition) is 1. The number of nitro benzene ring substituents is 1. The van der Waals surface area contributed by atoms with E-state index in [-0.39, 0.29) is 22.4 Å². The van der Waals surface area contributed by atoms with Gasteiger partial charge >= 0.3 is 0 Å². The summed E-state index contributed by atoms with van der Waals surface area (Å²) in [6, 6.07) is 6.77. The average Bonchev–Trinajstić information content (AvgIpc) is 3.21. The van der Waals surface area contributed by atoms with E-state index in [9.17, 15) is 14.9 Å². The van der Waals surface area contributed by atoms with Gasteiger partial charge in [0.25, 0.3) is 5.69 Å². The first-order chi connectivity index (χ1) is 14.5. The molecule has 30 heavy (non-hydrogen) atoms. The molecule has 1 saturated carbocycles. The smallest absolute Gasteiger partial charge is 0.292 e. The molecule has 2 fully saturated rings. The van der Waals surface area contributed by atoms with Crippen LogP contribution in [0.5, 0.6) is 0 Å². The highest BCUT2D eigenvalue weighted by Crippen LogP contribution is 2.37. The van der Waals surface area contributed by atoms with Crippen molar-refractivity contribution in [2.45, 2.75) is 57.4 Å². The monoisotopic (exact) mass is 413 g/mol. The summed E-state index contributed by atoms with van der Waals surface area (Å²) in [4.78, 5) is 30.5. The van der Waals surface area contributed by atoms with E-state index in [1.54, 1.807) is 25.1 Å². The number of carbonyl (C=O) groups excluding carboxylic acids is 1. The zero-order chi connectivity index (χ0) is 21.1. The van der Waals surface area contributed by atoms with E-state index in [0.29, 0.717) is 43.3 Å². The number of amides is 1. The van der Waals surface area contributed by atoms with Crippen LogP contribution in [0, 0.1) is 23.0 Å². The van der Waals surface area contributed by atoms with Crippen LogP contribution in [0.25, 0.3) is 0 Å². The second-order valence-electron chi connectivity index (χ2n) is 8.28. The van der Waals surface area contributed by atoms with Gasteiger partial charge in [-0.1, -0.05) is 36.6 Å². The Morgan fingerprint density at radius 3 is 2.57 bits per heavy atom. The number of nitrogens with zero attached hydrogens (tertiary/aromatic N) is 4. The van der Waals surface area contributed by atoms with Crippen molar-refractivity contribution in [3.8, 4) is 0 Å². The van der Waals surface area contributed by atoms with E-state index in [2.05, 4.69) is 15.5 Å². The number of hydrogen-bond acceptors (Lipinski definition) is 7. The number of benzene rings is 1. The Hall–Kier alpha value is -2.97. The molecular weight excluding hydrogens is 386 g/mol. The van der Waals surface area contributed by atoms with Gasteiger partial charge in [0.15, 0.2) is 5.82 Å². The molecule has 0 bridgehead atoms. The summed E-state index contributed by atoms with van der Waals surface area (Å²) in [5.41, 5.74) is 0.170. The molecule has 2 aliphatic rings. The lowest BCUT2D eigenvalue weighted by molar-refractivity contribution is -0.384. The number of aryl methyl sites for hydroxylation is 1. The third-order valence-corrected chi connectivity index (χ3v) is 6.31. The zero-order valence-electron chi connectivity index (χ0n) is 17.2. The molecule has 1 aliphatic heterocycles. The Bertz CT molecular complexity index is 914. The maximum atomic E-state index is 13.1. The Kier molecular flexibility index (Phi) is 5.69. The van der Waals surface area contributed by atoms with Crippen LogP contribution in [-0.4, -0.2) is 34.1 Å². The molecule has 1 aromatic heterocycles. The minimum atomic E-state index is -0.553. The molecule has 0 atom stereocenters. The number of aromatic nitrogens is 2. The molecule has 9 nitrogen and oxygen atoms in total. The minimum Gasteiger partial charge on any atom is -0.366 e. The maximum Gasteiger partial charge on any atom is 0.292 e. The van der Waals surface area contributed by atoms with Crippen LogP contribution in [0.4, 0.5) is 11.4 Å². The molecule has 2 heterocycles. The predicted octanol–water partition coefficient (Wildman–Crippen LogP) is 3.48. The minimum absolute atomic E-state index is 0.0153. The van der Waals surface area contributed by atoms with E-state index in [0.717, 1.165) is 32.1 Å². The Morgan fingerprint density at radius 1 is 1.23 bits per heavy atom. The van der Waals surface area contributed by atoms with Gasteiger partial charge < -0.3 is 14.7 Å². The van der Waals surface area contributed by atoms with Crippen molar-refractivity contribution in [3.63, 3.8) is 0 Å². The molecule has 0 spiro atoms. The van der Waals surface area contributed by atoms with Crippen LogP contribution in [0.1, 0.15) is 56.7 Å². The summed E-state index contributed by atoms with van der Waals surface area (Å²) in [5, 5.41) is 18.7. The van der Waals surface area contributed by atoms with Crippen molar-refractivity contribution in [3.05, 3.63) is 46.1 Å². The number of anilines is 1. The first kappa shape index (κ1) is 20.3. The van der Waals surface area contributed by atoms with Crippen molar-refractivity contribution < 1.29 is 14.2 Å². The molecule has 0 radical (unpaired) electrons. The van der Waals surface area contributed by atoms with Crippen molar-refractivity contribution in [1.82, 2.24) is 15.5 Å². The summed E-state index contributed by atoms with van der Waals surface area (Å²) in [5.74, 6) is 0.963. The zero-order valence-corrected chi connectivity index (χ0v) is 17.2. The molecule has 1 N–H and O–H groups in total. The fourth-order valence-electron chi connectivity index (χ4n) is 4.66. The number of carbonyl (C=O) groups is 1. The summed E-state index contributed by atoms with van der Waals surface area (Å²) in [6.07, 6.45) is 6.11. The Balaban J connectivity index is 1.43. The van der Waals surface area contributed by atoms with Gasteiger partial charge in [-0.05, 0) is 31.7 Å². The van der Waals surface area contributed by atoms with Gasteiger partial charge in [0.1, 0.15) is 11.2 Å².